The Morgan fingerprint density at radius 1 is 1.26 bits per heavy atom. The number of ether oxygens (including phenoxy) is 1. The zero-order valence-corrected chi connectivity index (χ0v) is 16.9. The van der Waals surface area contributed by atoms with Gasteiger partial charge in [0.1, 0.15) is 5.60 Å². The number of benzene rings is 1. The lowest BCUT2D eigenvalue weighted by Crippen LogP contribution is -2.49. The van der Waals surface area contributed by atoms with Crippen molar-refractivity contribution >= 4 is 39.2 Å². The normalized spacial score (nSPS) is 20.1. The molecule has 2 aliphatic heterocycles. The summed E-state index contributed by atoms with van der Waals surface area (Å²) in [5.74, 6) is -0.979. The molecule has 0 radical (unpaired) electrons. The fourth-order valence-corrected chi connectivity index (χ4v) is 4.59. The predicted molar refractivity (Wildman–Crippen MR) is 102 cm³/mol. The van der Waals surface area contributed by atoms with E-state index in [9.17, 15) is 18.0 Å². The molecule has 146 valence electrons. The third kappa shape index (κ3) is 3.74. The minimum Gasteiger partial charge on any atom is -0.450 e. The molecule has 1 fully saturated rings. The topological polar surface area (TPSA) is 92.8 Å². The van der Waals surface area contributed by atoms with Crippen molar-refractivity contribution in [3.05, 3.63) is 39.9 Å². The molecule has 1 amide bonds. The average Bonchev–Trinajstić information content (AvgIpc) is 2.81. The van der Waals surface area contributed by atoms with Gasteiger partial charge < -0.3 is 10.1 Å². The number of nitrogens with one attached hydrogen (secondary N) is 1. The number of rotatable bonds is 3. The Labute approximate surface area is 163 Å². The summed E-state index contributed by atoms with van der Waals surface area (Å²) in [4.78, 5) is 25.2. The van der Waals surface area contributed by atoms with E-state index in [4.69, 9.17) is 16.3 Å². The summed E-state index contributed by atoms with van der Waals surface area (Å²) in [5, 5.41) is 3.29. The van der Waals surface area contributed by atoms with Crippen molar-refractivity contribution in [3.63, 3.8) is 0 Å². The van der Waals surface area contributed by atoms with Gasteiger partial charge in [0.2, 0.25) is 10.0 Å². The Hall–Kier alpha value is -1.90. The van der Waals surface area contributed by atoms with Crippen molar-refractivity contribution < 1.29 is 22.7 Å². The highest BCUT2D eigenvalue weighted by Gasteiger charge is 2.51. The maximum absolute atomic E-state index is 13.0. The second-order valence-corrected chi connectivity index (χ2v) is 9.38. The molecular weight excluding hydrogens is 392 g/mol. The number of hydrogen-bond donors (Lipinski definition) is 1. The summed E-state index contributed by atoms with van der Waals surface area (Å²) in [6, 6.07) is 5.15. The maximum Gasteiger partial charge on any atom is 0.335 e. The number of halogens is 1. The van der Waals surface area contributed by atoms with Crippen LogP contribution in [0.15, 0.2) is 29.3 Å². The molecule has 0 saturated carbocycles. The smallest absolute Gasteiger partial charge is 0.335 e. The summed E-state index contributed by atoms with van der Waals surface area (Å²) in [6.07, 6.45) is 1.61. The number of nitrogens with zero attached hydrogens (tertiary/aromatic N) is 1. The Morgan fingerprint density at radius 2 is 1.89 bits per heavy atom. The molecule has 0 aromatic heterocycles. The molecule has 1 aromatic rings. The summed E-state index contributed by atoms with van der Waals surface area (Å²) in [6.45, 7) is 3.77. The van der Waals surface area contributed by atoms with Gasteiger partial charge in [-0.3, -0.25) is 4.79 Å². The second kappa shape index (κ2) is 6.92. The number of carbonyl (C=O) groups excluding carboxylic acids is 2. The molecule has 27 heavy (non-hydrogen) atoms. The summed E-state index contributed by atoms with van der Waals surface area (Å²) < 4.78 is 30.4. The molecule has 1 aromatic carbocycles. The SMILES string of the molecule is CC1=C(C(=O)Nc2cc(Cl)ccc2C)C2(CCN(S(C)(=O)=O)CC2)OC1=O. The third-order valence-electron chi connectivity index (χ3n) is 5.10. The first-order chi connectivity index (χ1) is 12.5. The molecule has 9 heteroatoms. The van der Waals surface area contributed by atoms with Crippen LogP contribution in [0.2, 0.25) is 5.02 Å². The quantitative estimate of drug-likeness (QED) is 0.768. The van der Waals surface area contributed by atoms with E-state index in [0.717, 1.165) is 11.8 Å². The van der Waals surface area contributed by atoms with Crippen LogP contribution < -0.4 is 5.32 Å². The third-order valence-corrected chi connectivity index (χ3v) is 6.64. The van der Waals surface area contributed by atoms with Gasteiger partial charge >= 0.3 is 5.97 Å². The van der Waals surface area contributed by atoms with Gasteiger partial charge in [0.25, 0.3) is 5.91 Å². The number of piperidine rings is 1. The lowest BCUT2D eigenvalue weighted by molar-refractivity contribution is -0.149. The molecule has 1 spiro atoms. The van der Waals surface area contributed by atoms with E-state index in [2.05, 4.69) is 5.32 Å². The number of esters is 1. The van der Waals surface area contributed by atoms with Crippen LogP contribution in [-0.2, 0) is 24.3 Å². The Morgan fingerprint density at radius 3 is 2.48 bits per heavy atom. The first-order valence-corrected chi connectivity index (χ1v) is 10.7. The van der Waals surface area contributed by atoms with Gasteiger partial charge in [0.15, 0.2) is 0 Å². The minimum atomic E-state index is -3.33. The molecule has 1 saturated heterocycles. The van der Waals surface area contributed by atoms with Crippen LogP contribution in [0.25, 0.3) is 0 Å². The molecule has 1 N–H and O–H groups in total. The maximum atomic E-state index is 13.0. The molecule has 2 aliphatic rings. The van der Waals surface area contributed by atoms with Crippen molar-refractivity contribution in [2.45, 2.75) is 32.3 Å². The van der Waals surface area contributed by atoms with Crippen LogP contribution in [0, 0.1) is 6.92 Å². The van der Waals surface area contributed by atoms with Gasteiger partial charge in [0, 0.05) is 42.2 Å². The number of sulfonamides is 1. The lowest BCUT2D eigenvalue weighted by Gasteiger charge is -2.38. The van der Waals surface area contributed by atoms with Crippen molar-refractivity contribution in [2.24, 2.45) is 0 Å². The van der Waals surface area contributed by atoms with Crippen LogP contribution in [0.4, 0.5) is 5.69 Å². The van der Waals surface area contributed by atoms with Crippen LogP contribution in [0.5, 0.6) is 0 Å². The van der Waals surface area contributed by atoms with Crippen molar-refractivity contribution in [1.82, 2.24) is 4.31 Å². The second-order valence-electron chi connectivity index (χ2n) is 6.96. The fraction of sp³-hybridized carbons (Fsp3) is 0.444. The molecule has 3 rings (SSSR count). The Kier molecular flexibility index (Phi) is 5.09. The van der Waals surface area contributed by atoms with Crippen molar-refractivity contribution in [2.75, 3.05) is 24.7 Å². The van der Waals surface area contributed by atoms with Gasteiger partial charge in [-0.05, 0) is 31.5 Å². The minimum absolute atomic E-state index is 0.187. The number of amides is 1. The van der Waals surface area contributed by atoms with E-state index >= 15 is 0 Å². The van der Waals surface area contributed by atoms with E-state index in [-0.39, 0.29) is 37.1 Å². The lowest BCUT2D eigenvalue weighted by atomic mass is 9.83. The molecule has 2 heterocycles. The van der Waals surface area contributed by atoms with Crippen molar-refractivity contribution in [1.29, 1.82) is 0 Å². The first-order valence-electron chi connectivity index (χ1n) is 8.51. The number of carbonyl (C=O) groups is 2. The Bertz CT molecular complexity index is 946. The van der Waals surface area contributed by atoms with E-state index in [1.54, 1.807) is 25.1 Å². The molecule has 0 bridgehead atoms. The van der Waals surface area contributed by atoms with Gasteiger partial charge in [0.05, 0.1) is 11.8 Å². The highest BCUT2D eigenvalue weighted by Crippen LogP contribution is 2.42. The molecule has 0 aliphatic carbocycles. The molecule has 0 atom stereocenters. The largest absolute Gasteiger partial charge is 0.450 e. The summed E-state index contributed by atoms with van der Waals surface area (Å²) >= 11 is 6.01. The number of aryl methyl sites for hydroxylation is 1. The van der Waals surface area contributed by atoms with Gasteiger partial charge in [-0.2, -0.15) is 0 Å². The molecule has 7 nitrogen and oxygen atoms in total. The van der Waals surface area contributed by atoms with E-state index < -0.39 is 27.5 Å². The van der Waals surface area contributed by atoms with Gasteiger partial charge in [-0.1, -0.05) is 17.7 Å². The number of anilines is 1. The van der Waals surface area contributed by atoms with Crippen LogP contribution in [0.1, 0.15) is 25.3 Å². The summed E-state index contributed by atoms with van der Waals surface area (Å²) in [5.41, 5.74) is 0.798. The first kappa shape index (κ1) is 19.9. The van der Waals surface area contributed by atoms with Crippen LogP contribution >= 0.6 is 11.6 Å². The fourth-order valence-electron chi connectivity index (χ4n) is 3.57. The van der Waals surface area contributed by atoms with Gasteiger partial charge in [-0.25, -0.2) is 17.5 Å². The van der Waals surface area contributed by atoms with Crippen LogP contribution in [0.3, 0.4) is 0 Å². The average molecular weight is 413 g/mol. The zero-order valence-electron chi connectivity index (χ0n) is 15.3. The summed E-state index contributed by atoms with van der Waals surface area (Å²) in [7, 11) is -3.33. The number of hydrogen-bond acceptors (Lipinski definition) is 5. The highest BCUT2D eigenvalue weighted by atomic mass is 35.5. The monoisotopic (exact) mass is 412 g/mol. The zero-order chi connectivity index (χ0) is 20.0. The van der Waals surface area contributed by atoms with Gasteiger partial charge in [-0.15, -0.1) is 0 Å². The highest BCUT2D eigenvalue weighted by molar-refractivity contribution is 7.88. The van der Waals surface area contributed by atoms with E-state index in [1.165, 1.54) is 4.31 Å². The van der Waals surface area contributed by atoms with Crippen molar-refractivity contribution in [3.8, 4) is 0 Å². The van der Waals surface area contributed by atoms with E-state index in [0.29, 0.717) is 10.7 Å². The van der Waals surface area contributed by atoms with E-state index in [1.807, 2.05) is 6.92 Å². The molecular formula is C18H21ClN2O5S. The standard InChI is InChI=1S/C18H21ClN2O5S/c1-11-4-5-13(19)10-14(11)20-16(22)15-12(2)17(23)26-18(15)6-8-21(9-7-18)27(3,24)25/h4-5,10H,6-9H2,1-3H3,(H,20,22). The predicted octanol–water partition coefficient (Wildman–Crippen LogP) is 2.25. The van der Waals surface area contributed by atoms with Crippen LogP contribution in [-0.4, -0.2) is 49.5 Å². The molecule has 0 unspecified atom stereocenters. The Balaban J connectivity index is 1.89.